The molecule has 0 saturated carbocycles. The van der Waals surface area contributed by atoms with Crippen LogP contribution in [0.3, 0.4) is 0 Å². The van der Waals surface area contributed by atoms with Crippen molar-refractivity contribution in [3.63, 3.8) is 0 Å². The number of carbonyl (C=O) groups excluding carboxylic acids is 1. The maximum Gasteiger partial charge on any atom is 0.243 e. The van der Waals surface area contributed by atoms with E-state index in [1.54, 1.807) is 22.5 Å². The topological polar surface area (TPSA) is 54.5 Å². The normalized spacial score (nSPS) is 24.6. The Hall–Kier alpha value is -1.20. The van der Waals surface area contributed by atoms with Gasteiger partial charge in [0.15, 0.2) is 5.78 Å². The molecule has 0 aromatic heterocycles. The molecule has 1 saturated heterocycles. The molecule has 1 aliphatic rings. The van der Waals surface area contributed by atoms with Gasteiger partial charge in [-0.25, -0.2) is 8.42 Å². The van der Waals surface area contributed by atoms with E-state index < -0.39 is 10.0 Å². The number of piperidine rings is 1. The van der Waals surface area contributed by atoms with Crippen LogP contribution >= 0.6 is 0 Å². The van der Waals surface area contributed by atoms with Crippen LogP contribution in [0.2, 0.25) is 0 Å². The van der Waals surface area contributed by atoms with E-state index in [-0.39, 0.29) is 16.7 Å². The third-order valence-electron chi connectivity index (χ3n) is 4.16. The number of sulfonamides is 1. The van der Waals surface area contributed by atoms with Crippen molar-refractivity contribution >= 4 is 15.8 Å². The van der Waals surface area contributed by atoms with Gasteiger partial charge in [0.25, 0.3) is 0 Å². The Morgan fingerprint density at radius 3 is 2.65 bits per heavy atom. The lowest BCUT2D eigenvalue weighted by molar-refractivity contribution is 0.101. The van der Waals surface area contributed by atoms with E-state index in [4.69, 9.17) is 0 Å². The fourth-order valence-corrected chi connectivity index (χ4v) is 4.46. The number of hydrogen-bond acceptors (Lipinski definition) is 3. The van der Waals surface area contributed by atoms with E-state index in [2.05, 4.69) is 6.92 Å². The average molecular weight is 295 g/mol. The van der Waals surface area contributed by atoms with Gasteiger partial charge in [-0.15, -0.1) is 0 Å². The molecule has 0 spiro atoms. The summed E-state index contributed by atoms with van der Waals surface area (Å²) in [5.74, 6) is 0.233. The van der Waals surface area contributed by atoms with E-state index in [9.17, 15) is 13.2 Å². The Kier molecular flexibility index (Phi) is 4.30. The molecule has 0 aliphatic carbocycles. The number of ketones is 1. The molecule has 1 heterocycles. The van der Waals surface area contributed by atoms with Crippen molar-refractivity contribution in [2.75, 3.05) is 6.54 Å². The van der Waals surface area contributed by atoms with Gasteiger partial charge in [0.05, 0.1) is 4.90 Å². The summed E-state index contributed by atoms with van der Waals surface area (Å²) >= 11 is 0. The molecule has 20 heavy (non-hydrogen) atoms. The lowest BCUT2D eigenvalue weighted by Crippen LogP contribution is -2.45. The van der Waals surface area contributed by atoms with Crippen molar-refractivity contribution in [2.45, 2.75) is 44.6 Å². The Bertz CT molecular complexity index is 609. The molecule has 0 radical (unpaired) electrons. The Balaban J connectivity index is 2.39. The first-order valence-electron chi connectivity index (χ1n) is 6.97. The lowest BCUT2D eigenvalue weighted by Gasteiger charge is -2.36. The van der Waals surface area contributed by atoms with Crippen LogP contribution in [0, 0.1) is 5.92 Å². The molecule has 1 aromatic carbocycles. The fourth-order valence-electron chi connectivity index (χ4n) is 2.65. The van der Waals surface area contributed by atoms with Crippen LogP contribution in [0.25, 0.3) is 0 Å². The number of rotatable bonds is 3. The SMILES string of the molecule is CC(=O)c1cccc(S(=O)(=O)N2CCCC(C)C2C)c1. The number of Topliss-reactive ketones (excluding diaryl/α,β-unsaturated/α-hetero) is 1. The van der Waals surface area contributed by atoms with Crippen LogP contribution in [0.5, 0.6) is 0 Å². The quantitative estimate of drug-likeness (QED) is 0.806. The van der Waals surface area contributed by atoms with E-state index in [0.29, 0.717) is 18.0 Å². The Morgan fingerprint density at radius 1 is 1.30 bits per heavy atom. The Morgan fingerprint density at radius 2 is 2.00 bits per heavy atom. The van der Waals surface area contributed by atoms with E-state index in [0.717, 1.165) is 12.8 Å². The fraction of sp³-hybridized carbons (Fsp3) is 0.533. The van der Waals surface area contributed by atoms with Crippen molar-refractivity contribution < 1.29 is 13.2 Å². The maximum absolute atomic E-state index is 12.7. The van der Waals surface area contributed by atoms with Gasteiger partial charge >= 0.3 is 0 Å². The first kappa shape index (κ1) is 15.2. The highest BCUT2D eigenvalue weighted by Crippen LogP contribution is 2.29. The number of nitrogens with zero attached hydrogens (tertiary/aromatic N) is 1. The van der Waals surface area contributed by atoms with Gasteiger partial charge in [-0.3, -0.25) is 4.79 Å². The predicted octanol–water partition coefficient (Wildman–Crippen LogP) is 2.70. The van der Waals surface area contributed by atoms with E-state index in [1.165, 1.54) is 13.0 Å². The molecular weight excluding hydrogens is 274 g/mol. The van der Waals surface area contributed by atoms with Crippen LogP contribution in [0.1, 0.15) is 44.0 Å². The van der Waals surface area contributed by atoms with Gasteiger partial charge in [-0.05, 0) is 44.7 Å². The molecular formula is C15H21NO3S. The largest absolute Gasteiger partial charge is 0.295 e. The van der Waals surface area contributed by atoms with Crippen molar-refractivity contribution in [3.8, 4) is 0 Å². The molecule has 1 aromatic rings. The number of benzene rings is 1. The highest BCUT2D eigenvalue weighted by molar-refractivity contribution is 7.89. The molecule has 2 atom stereocenters. The zero-order valence-corrected chi connectivity index (χ0v) is 13.0. The summed E-state index contributed by atoms with van der Waals surface area (Å²) in [5.41, 5.74) is 0.434. The van der Waals surface area contributed by atoms with Crippen LogP contribution < -0.4 is 0 Å². The van der Waals surface area contributed by atoms with Gasteiger partial charge < -0.3 is 0 Å². The van der Waals surface area contributed by atoms with E-state index in [1.807, 2.05) is 6.92 Å². The van der Waals surface area contributed by atoms with Gasteiger partial charge in [0, 0.05) is 18.2 Å². The van der Waals surface area contributed by atoms with Gasteiger partial charge in [-0.1, -0.05) is 19.1 Å². The number of carbonyl (C=O) groups is 1. The first-order chi connectivity index (χ1) is 9.34. The van der Waals surface area contributed by atoms with Crippen LogP contribution in [0.4, 0.5) is 0 Å². The zero-order chi connectivity index (χ0) is 14.9. The smallest absolute Gasteiger partial charge is 0.243 e. The highest BCUT2D eigenvalue weighted by atomic mass is 32.2. The monoisotopic (exact) mass is 295 g/mol. The van der Waals surface area contributed by atoms with Crippen molar-refractivity contribution in [1.82, 2.24) is 4.31 Å². The second kappa shape index (κ2) is 5.66. The maximum atomic E-state index is 12.7. The summed E-state index contributed by atoms with van der Waals surface area (Å²) in [6.45, 7) is 6.03. The molecule has 2 rings (SSSR count). The summed E-state index contributed by atoms with van der Waals surface area (Å²) in [7, 11) is -3.52. The standard InChI is InChI=1S/C15H21NO3S/c1-11-6-5-9-16(12(11)2)20(18,19)15-8-4-7-14(10-15)13(3)17/h4,7-8,10-12H,5-6,9H2,1-3H3. The molecule has 1 aliphatic heterocycles. The van der Waals surface area contributed by atoms with E-state index >= 15 is 0 Å². The first-order valence-corrected chi connectivity index (χ1v) is 8.41. The summed E-state index contributed by atoms with van der Waals surface area (Å²) in [6, 6.07) is 6.30. The van der Waals surface area contributed by atoms with Crippen molar-refractivity contribution in [3.05, 3.63) is 29.8 Å². The number of hydrogen-bond donors (Lipinski definition) is 0. The third-order valence-corrected chi connectivity index (χ3v) is 6.15. The van der Waals surface area contributed by atoms with Crippen molar-refractivity contribution in [1.29, 1.82) is 0 Å². The van der Waals surface area contributed by atoms with Crippen LogP contribution in [0.15, 0.2) is 29.2 Å². The molecule has 0 bridgehead atoms. The molecule has 0 amide bonds. The minimum absolute atomic E-state index is 0.00488. The molecule has 4 nitrogen and oxygen atoms in total. The average Bonchev–Trinajstić information content (AvgIpc) is 2.41. The molecule has 110 valence electrons. The second-order valence-electron chi connectivity index (χ2n) is 5.56. The second-order valence-corrected chi connectivity index (χ2v) is 7.45. The summed E-state index contributed by atoms with van der Waals surface area (Å²) in [5, 5.41) is 0. The predicted molar refractivity (Wildman–Crippen MR) is 78.2 cm³/mol. The summed E-state index contributed by atoms with van der Waals surface area (Å²) in [6.07, 6.45) is 1.94. The van der Waals surface area contributed by atoms with Gasteiger partial charge in [0.1, 0.15) is 0 Å². The summed E-state index contributed by atoms with van der Waals surface area (Å²) in [4.78, 5) is 11.6. The summed E-state index contributed by atoms with van der Waals surface area (Å²) < 4.78 is 27.0. The molecule has 2 unspecified atom stereocenters. The van der Waals surface area contributed by atoms with Crippen molar-refractivity contribution in [2.24, 2.45) is 5.92 Å². The van der Waals surface area contributed by atoms with Crippen LogP contribution in [-0.2, 0) is 10.0 Å². The zero-order valence-electron chi connectivity index (χ0n) is 12.2. The van der Waals surface area contributed by atoms with Gasteiger partial charge in [0.2, 0.25) is 10.0 Å². The van der Waals surface area contributed by atoms with Crippen LogP contribution in [-0.4, -0.2) is 31.1 Å². The molecule has 0 N–H and O–H groups in total. The molecule has 1 fully saturated rings. The highest BCUT2D eigenvalue weighted by Gasteiger charge is 2.34. The Labute approximate surface area is 120 Å². The minimum Gasteiger partial charge on any atom is -0.295 e. The lowest BCUT2D eigenvalue weighted by atomic mass is 9.94. The minimum atomic E-state index is -3.52. The molecule has 5 heteroatoms. The van der Waals surface area contributed by atoms with Gasteiger partial charge in [-0.2, -0.15) is 4.31 Å². The third kappa shape index (κ3) is 2.79.